The third-order valence-electron chi connectivity index (χ3n) is 1.89. The van der Waals surface area contributed by atoms with Crippen molar-refractivity contribution in [2.45, 2.75) is 12.8 Å². The van der Waals surface area contributed by atoms with Crippen LogP contribution in [0.4, 0.5) is 0 Å². The minimum absolute atomic E-state index is 0.297. The maximum atomic E-state index is 7.35. The lowest BCUT2D eigenvalue weighted by Gasteiger charge is -2.21. The van der Waals surface area contributed by atoms with E-state index in [1.165, 1.54) is 0 Å². The summed E-state index contributed by atoms with van der Waals surface area (Å²) < 4.78 is 0. The first kappa shape index (κ1) is 7.41. The number of nitrogens with one attached hydrogen (secondary N) is 3. The molecule has 1 unspecified atom stereocenters. The predicted molar refractivity (Wildman–Crippen MR) is 42.1 cm³/mol. The van der Waals surface area contributed by atoms with Gasteiger partial charge in [0.05, 0.1) is 5.71 Å². The Kier molecular flexibility index (Phi) is 2.57. The predicted octanol–water partition coefficient (Wildman–Crippen LogP) is 0.655. The first-order chi connectivity index (χ1) is 4.84. The Morgan fingerprint density at radius 3 is 2.90 bits per heavy atom. The second-order valence-electron chi connectivity index (χ2n) is 2.64. The normalized spacial score (nSPS) is 25.8. The Morgan fingerprint density at radius 2 is 2.40 bits per heavy atom. The van der Waals surface area contributed by atoms with E-state index in [-0.39, 0.29) is 0 Å². The van der Waals surface area contributed by atoms with E-state index in [0.29, 0.717) is 11.6 Å². The Bertz CT molecular complexity index is 136. The van der Waals surface area contributed by atoms with Crippen molar-refractivity contribution >= 4 is 11.9 Å². The van der Waals surface area contributed by atoms with Gasteiger partial charge in [0.1, 0.15) is 0 Å². The molecule has 0 bridgehead atoms. The highest BCUT2D eigenvalue weighted by atomic mass is 14.9. The number of piperidine rings is 1. The molecule has 0 aromatic rings. The Hall–Kier alpha value is -0.700. The molecule has 0 aromatic heterocycles. The summed E-state index contributed by atoms with van der Waals surface area (Å²) in [7, 11) is 0. The molecule has 3 nitrogen and oxygen atoms in total. The van der Waals surface area contributed by atoms with Crippen molar-refractivity contribution in [3.8, 4) is 0 Å². The van der Waals surface area contributed by atoms with E-state index in [9.17, 15) is 0 Å². The minimum Gasteiger partial charge on any atom is -0.316 e. The summed E-state index contributed by atoms with van der Waals surface area (Å²) in [6, 6.07) is 0. The highest BCUT2D eigenvalue weighted by Crippen LogP contribution is 2.09. The van der Waals surface area contributed by atoms with Crippen LogP contribution < -0.4 is 5.32 Å². The van der Waals surface area contributed by atoms with Gasteiger partial charge in [0.25, 0.3) is 0 Å². The molecule has 1 rings (SSSR count). The van der Waals surface area contributed by atoms with Gasteiger partial charge in [-0.3, -0.25) is 0 Å². The van der Waals surface area contributed by atoms with Crippen molar-refractivity contribution < 1.29 is 0 Å². The molecular formula is C7H13N3. The molecule has 0 amide bonds. The topological polar surface area (TPSA) is 59.7 Å². The van der Waals surface area contributed by atoms with Crippen LogP contribution in [0.3, 0.4) is 0 Å². The van der Waals surface area contributed by atoms with Crippen molar-refractivity contribution in [1.29, 1.82) is 10.8 Å². The fourth-order valence-corrected chi connectivity index (χ4v) is 1.24. The van der Waals surface area contributed by atoms with Crippen LogP contribution in [0.25, 0.3) is 0 Å². The third-order valence-corrected chi connectivity index (χ3v) is 1.89. The minimum atomic E-state index is 0.297. The number of hydrogen-bond donors (Lipinski definition) is 3. The van der Waals surface area contributed by atoms with E-state index >= 15 is 0 Å². The molecular weight excluding hydrogens is 126 g/mol. The van der Waals surface area contributed by atoms with Gasteiger partial charge in [0.15, 0.2) is 0 Å². The van der Waals surface area contributed by atoms with Crippen molar-refractivity contribution in [1.82, 2.24) is 5.32 Å². The molecule has 56 valence electrons. The van der Waals surface area contributed by atoms with E-state index in [1.807, 2.05) is 0 Å². The Morgan fingerprint density at radius 1 is 1.60 bits per heavy atom. The van der Waals surface area contributed by atoms with Gasteiger partial charge in [-0.15, -0.1) is 0 Å². The molecule has 1 fully saturated rings. The molecule has 1 heterocycles. The smallest absolute Gasteiger partial charge is 0.0532 e. The molecule has 1 saturated heterocycles. The third kappa shape index (κ3) is 1.64. The van der Waals surface area contributed by atoms with Crippen LogP contribution in [0.1, 0.15) is 12.8 Å². The van der Waals surface area contributed by atoms with Crippen LogP contribution >= 0.6 is 0 Å². The Balaban J connectivity index is 2.38. The van der Waals surface area contributed by atoms with Crippen LogP contribution in [0.5, 0.6) is 0 Å². The summed E-state index contributed by atoms with van der Waals surface area (Å²) in [5.41, 5.74) is 0.465. The standard InChI is InChI=1S/C7H13N3/c8-4-7(9)6-2-1-3-10-5-6/h4,6,8-10H,1-3,5H2. The quantitative estimate of drug-likeness (QED) is 0.483. The number of hydrogen-bond acceptors (Lipinski definition) is 3. The van der Waals surface area contributed by atoms with Crippen LogP contribution in [0.15, 0.2) is 0 Å². The van der Waals surface area contributed by atoms with Crippen molar-refractivity contribution in [3.63, 3.8) is 0 Å². The SMILES string of the molecule is N=CC(=N)C1CCCNC1. The highest BCUT2D eigenvalue weighted by Gasteiger charge is 2.15. The molecule has 1 atom stereocenters. The van der Waals surface area contributed by atoms with Gasteiger partial charge in [-0.25, -0.2) is 0 Å². The summed E-state index contributed by atoms with van der Waals surface area (Å²) in [6.07, 6.45) is 3.36. The molecule has 0 saturated carbocycles. The maximum Gasteiger partial charge on any atom is 0.0532 e. The van der Waals surface area contributed by atoms with E-state index in [2.05, 4.69) is 5.32 Å². The summed E-state index contributed by atoms with van der Waals surface area (Å²) in [5.74, 6) is 0.297. The Labute approximate surface area is 60.8 Å². The zero-order valence-corrected chi connectivity index (χ0v) is 5.98. The zero-order valence-electron chi connectivity index (χ0n) is 5.98. The van der Waals surface area contributed by atoms with Gasteiger partial charge in [0, 0.05) is 18.7 Å². The highest BCUT2D eigenvalue weighted by molar-refractivity contribution is 6.28. The lowest BCUT2D eigenvalue weighted by molar-refractivity contribution is 0.459. The molecule has 3 N–H and O–H groups in total. The van der Waals surface area contributed by atoms with E-state index in [0.717, 1.165) is 32.1 Å². The molecule has 3 heteroatoms. The second kappa shape index (κ2) is 3.46. The molecule has 1 aliphatic heterocycles. The van der Waals surface area contributed by atoms with E-state index in [1.54, 1.807) is 0 Å². The van der Waals surface area contributed by atoms with Crippen LogP contribution in [0.2, 0.25) is 0 Å². The van der Waals surface area contributed by atoms with E-state index in [4.69, 9.17) is 10.8 Å². The summed E-state index contributed by atoms with van der Waals surface area (Å²) in [5, 5.41) is 17.4. The van der Waals surface area contributed by atoms with Crippen molar-refractivity contribution in [2.24, 2.45) is 5.92 Å². The second-order valence-corrected chi connectivity index (χ2v) is 2.64. The lowest BCUT2D eigenvalue weighted by Crippen LogP contribution is -2.34. The lowest BCUT2D eigenvalue weighted by atomic mass is 9.95. The molecule has 0 spiro atoms. The average Bonchev–Trinajstić information content (AvgIpc) is 2.05. The largest absolute Gasteiger partial charge is 0.316 e. The van der Waals surface area contributed by atoms with Gasteiger partial charge >= 0.3 is 0 Å². The molecule has 1 aliphatic rings. The fraction of sp³-hybridized carbons (Fsp3) is 0.714. The van der Waals surface area contributed by atoms with Gasteiger partial charge in [-0.05, 0) is 19.4 Å². The van der Waals surface area contributed by atoms with Gasteiger partial charge in [-0.1, -0.05) is 0 Å². The number of rotatable bonds is 2. The van der Waals surface area contributed by atoms with Crippen LogP contribution in [-0.4, -0.2) is 25.0 Å². The average molecular weight is 139 g/mol. The van der Waals surface area contributed by atoms with Crippen LogP contribution in [-0.2, 0) is 0 Å². The first-order valence-electron chi connectivity index (χ1n) is 3.64. The fourth-order valence-electron chi connectivity index (χ4n) is 1.24. The first-order valence-corrected chi connectivity index (χ1v) is 3.64. The van der Waals surface area contributed by atoms with Crippen LogP contribution in [0, 0.1) is 16.7 Å². The zero-order chi connectivity index (χ0) is 7.40. The summed E-state index contributed by atoms with van der Waals surface area (Å²) in [6.45, 7) is 1.95. The molecule has 0 radical (unpaired) electrons. The van der Waals surface area contributed by atoms with Gasteiger partial charge in [0.2, 0.25) is 0 Å². The van der Waals surface area contributed by atoms with Gasteiger partial charge < -0.3 is 16.1 Å². The molecule has 10 heavy (non-hydrogen) atoms. The van der Waals surface area contributed by atoms with Gasteiger partial charge in [-0.2, -0.15) is 0 Å². The molecule has 0 aliphatic carbocycles. The summed E-state index contributed by atoms with van der Waals surface area (Å²) >= 11 is 0. The molecule has 0 aromatic carbocycles. The van der Waals surface area contributed by atoms with E-state index < -0.39 is 0 Å². The van der Waals surface area contributed by atoms with Crippen molar-refractivity contribution in [2.75, 3.05) is 13.1 Å². The maximum absolute atomic E-state index is 7.35. The summed E-state index contributed by atoms with van der Waals surface area (Å²) in [4.78, 5) is 0. The monoisotopic (exact) mass is 139 g/mol. The van der Waals surface area contributed by atoms with Crippen molar-refractivity contribution in [3.05, 3.63) is 0 Å².